The lowest BCUT2D eigenvalue weighted by molar-refractivity contribution is 0.299. The van der Waals surface area contributed by atoms with Crippen molar-refractivity contribution in [3.63, 3.8) is 0 Å². The van der Waals surface area contributed by atoms with Crippen LogP contribution in [0.25, 0.3) is 0 Å². The molecule has 100 valence electrons. The Morgan fingerprint density at radius 2 is 1.89 bits per heavy atom. The molecule has 1 aromatic rings. The average Bonchev–Trinajstić information content (AvgIpc) is 3.15. The van der Waals surface area contributed by atoms with Crippen LogP contribution in [0, 0.1) is 19.8 Å². The zero-order valence-corrected chi connectivity index (χ0v) is 11.8. The Bertz CT molecular complexity index is 387. The third-order valence-electron chi connectivity index (χ3n) is 3.84. The van der Waals surface area contributed by atoms with Gasteiger partial charge in [-0.2, -0.15) is 0 Å². The Morgan fingerprint density at radius 3 is 2.39 bits per heavy atom. The van der Waals surface area contributed by atoms with Gasteiger partial charge in [0.1, 0.15) is 5.75 Å². The third-order valence-corrected chi connectivity index (χ3v) is 3.84. The van der Waals surface area contributed by atoms with E-state index in [4.69, 9.17) is 10.5 Å². The number of hydrogen-bond acceptors (Lipinski definition) is 2. The number of ether oxygens (including phenoxy) is 1. The second-order valence-corrected chi connectivity index (χ2v) is 5.66. The molecule has 1 unspecified atom stereocenters. The molecule has 2 N–H and O–H groups in total. The van der Waals surface area contributed by atoms with Gasteiger partial charge in [0.25, 0.3) is 0 Å². The summed E-state index contributed by atoms with van der Waals surface area (Å²) in [4.78, 5) is 0. The molecular weight excluding hydrogens is 222 g/mol. The van der Waals surface area contributed by atoms with Crippen LogP contribution >= 0.6 is 0 Å². The Kier molecular flexibility index (Phi) is 4.28. The summed E-state index contributed by atoms with van der Waals surface area (Å²) in [6.45, 7) is 7.35. The normalized spacial score (nSPS) is 16.7. The fourth-order valence-corrected chi connectivity index (χ4v) is 2.26. The van der Waals surface area contributed by atoms with E-state index in [2.05, 4.69) is 32.9 Å². The molecule has 0 heterocycles. The maximum absolute atomic E-state index is 6.06. The zero-order valence-electron chi connectivity index (χ0n) is 11.8. The SMILES string of the molecule is CCC(N)Cc1c(C)cc(OCC2CC2)cc1C. The predicted octanol–water partition coefficient (Wildman–Crippen LogP) is 3.37. The summed E-state index contributed by atoms with van der Waals surface area (Å²) < 4.78 is 5.85. The average molecular weight is 247 g/mol. The highest BCUT2D eigenvalue weighted by Gasteiger charge is 2.22. The van der Waals surface area contributed by atoms with Crippen molar-refractivity contribution in [3.05, 3.63) is 28.8 Å². The highest BCUT2D eigenvalue weighted by Crippen LogP contribution is 2.30. The first-order valence-electron chi connectivity index (χ1n) is 7.08. The van der Waals surface area contributed by atoms with Gasteiger partial charge in [-0.05, 0) is 74.3 Å². The van der Waals surface area contributed by atoms with Crippen LogP contribution in [-0.4, -0.2) is 12.6 Å². The number of hydrogen-bond donors (Lipinski definition) is 1. The molecule has 0 bridgehead atoms. The summed E-state index contributed by atoms with van der Waals surface area (Å²) in [5, 5.41) is 0. The molecule has 0 aromatic heterocycles. The van der Waals surface area contributed by atoms with Gasteiger partial charge in [0.15, 0.2) is 0 Å². The Balaban J connectivity index is 2.06. The number of aryl methyl sites for hydroxylation is 2. The molecule has 0 aliphatic heterocycles. The van der Waals surface area contributed by atoms with Crippen LogP contribution in [-0.2, 0) is 6.42 Å². The minimum atomic E-state index is 0.264. The van der Waals surface area contributed by atoms with Crippen molar-refractivity contribution in [2.24, 2.45) is 11.7 Å². The summed E-state index contributed by atoms with van der Waals surface area (Å²) in [6, 6.07) is 4.58. The van der Waals surface area contributed by atoms with E-state index in [1.165, 1.54) is 29.5 Å². The number of benzene rings is 1. The van der Waals surface area contributed by atoms with Crippen LogP contribution in [0.5, 0.6) is 5.75 Å². The molecule has 0 amide bonds. The van der Waals surface area contributed by atoms with Crippen molar-refractivity contribution in [1.82, 2.24) is 0 Å². The first kappa shape index (κ1) is 13.4. The smallest absolute Gasteiger partial charge is 0.119 e. The van der Waals surface area contributed by atoms with Gasteiger partial charge in [0.05, 0.1) is 6.61 Å². The molecule has 1 aliphatic rings. The second kappa shape index (κ2) is 5.75. The second-order valence-electron chi connectivity index (χ2n) is 5.66. The van der Waals surface area contributed by atoms with Gasteiger partial charge < -0.3 is 10.5 Å². The topological polar surface area (TPSA) is 35.2 Å². The van der Waals surface area contributed by atoms with Crippen molar-refractivity contribution >= 4 is 0 Å². The van der Waals surface area contributed by atoms with E-state index in [0.717, 1.165) is 31.1 Å². The summed E-state index contributed by atoms with van der Waals surface area (Å²) >= 11 is 0. The monoisotopic (exact) mass is 247 g/mol. The van der Waals surface area contributed by atoms with Gasteiger partial charge in [-0.15, -0.1) is 0 Å². The summed E-state index contributed by atoms with van der Waals surface area (Å²) in [6.07, 6.45) is 4.67. The van der Waals surface area contributed by atoms with Crippen LogP contribution in [0.3, 0.4) is 0 Å². The molecule has 2 rings (SSSR count). The molecule has 0 radical (unpaired) electrons. The number of nitrogens with two attached hydrogens (primary N) is 1. The molecule has 2 nitrogen and oxygen atoms in total. The molecule has 0 saturated heterocycles. The van der Waals surface area contributed by atoms with E-state index in [0.29, 0.717) is 0 Å². The summed E-state index contributed by atoms with van der Waals surface area (Å²) in [7, 11) is 0. The highest BCUT2D eigenvalue weighted by atomic mass is 16.5. The van der Waals surface area contributed by atoms with Crippen molar-refractivity contribution in [1.29, 1.82) is 0 Å². The van der Waals surface area contributed by atoms with Crippen molar-refractivity contribution in [3.8, 4) is 5.75 Å². The maximum atomic E-state index is 6.06. The standard InChI is InChI=1S/C16H25NO/c1-4-14(17)9-16-11(2)7-15(8-12(16)3)18-10-13-5-6-13/h7-8,13-14H,4-6,9-10,17H2,1-3H3. The molecule has 1 atom stereocenters. The largest absolute Gasteiger partial charge is 0.493 e. The van der Waals surface area contributed by atoms with Crippen LogP contribution in [0.15, 0.2) is 12.1 Å². The van der Waals surface area contributed by atoms with Gasteiger partial charge in [-0.25, -0.2) is 0 Å². The quantitative estimate of drug-likeness (QED) is 0.836. The molecule has 1 aromatic carbocycles. The predicted molar refractivity (Wildman–Crippen MR) is 76.1 cm³/mol. The molecule has 1 aliphatic carbocycles. The minimum absolute atomic E-state index is 0.264. The Morgan fingerprint density at radius 1 is 1.28 bits per heavy atom. The van der Waals surface area contributed by atoms with Crippen LogP contribution in [0.2, 0.25) is 0 Å². The Labute approximate surface area is 111 Å². The molecule has 18 heavy (non-hydrogen) atoms. The molecule has 1 fully saturated rings. The summed E-state index contributed by atoms with van der Waals surface area (Å²) in [5.74, 6) is 1.82. The van der Waals surface area contributed by atoms with Crippen molar-refractivity contribution in [2.45, 2.75) is 52.5 Å². The lowest BCUT2D eigenvalue weighted by Crippen LogP contribution is -2.22. The number of rotatable bonds is 6. The van der Waals surface area contributed by atoms with E-state index in [1.807, 2.05) is 0 Å². The van der Waals surface area contributed by atoms with Crippen LogP contribution in [0.4, 0.5) is 0 Å². The fourth-order valence-electron chi connectivity index (χ4n) is 2.26. The Hall–Kier alpha value is -1.02. The van der Waals surface area contributed by atoms with E-state index in [-0.39, 0.29) is 6.04 Å². The lowest BCUT2D eigenvalue weighted by Gasteiger charge is -2.16. The van der Waals surface area contributed by atoms with Crippen molar-refractivity contribution in [2.75, 3.05) is 6.61 Å². The fraction of sp³-hybridized carbons (Fsp3) is 0.625. The van der Waals surface area contributed by atoms with Gasteiger partial charge >= 0.3 is 0 Å². The van der Waals surface area contributed by atoms with E-state index in [1.54, 1.807) is 0 Å². The summed E-state index contributed by atoms with van der Waals surface area (Å²) in [5.41, 5.74) is 10.1. The zero-order chi connectivity index (χ0) is 13.1. The van der Waals surface area contributed by atoms with E-state index < -0.39 is 0 Å². The van der Waals surface area contributed by atoms with Crippen molar-refractivity contribution < 1.29 is 4.74 Å². The van der Waals surface area contributed by atoms with Gasteiger partial charge in [0, 0.05) is 6.04 Å². The van der Waals surface area contributed by atoms with E-state index in [9.17, 15) is 0 Å². The van der Waals surface area contributed by atoms with Crippen LogP contribution in [0.1, 0.15) is 42.9 Å². The third kappa shape index (κ3) is 3.49. The molecular formula is C16H25NO. The lowest BCUT2D eigenvalue weighted by atomic mass is 9.95. The first-order valence-corrected chi connectivity index (χ1v) is 7.08. The maximum Gasteiger partial charge on any atom is 0.119 e. The van der Waals surface area contributed by atoms with Gasteiger partial charge in [-0.3, -0.25) is 0 Å². The minimum Gasteiger partial charge on any atom is -0.493 e. The molecule has 1 saturated carbocycles. The highest BCUT2D eigenvalue weighted by molar-refractivity contribution is 5.41. The molecule has 2 heteroatoms. The first-order chi connectivity index (χ1) is 8.60. The van der Waals surface area contributed by atoms with Gasteiger partial charge in [-0.1, -0.05) is 6.92 Å². The van der Waals surface area contributed by atoms with Crippen LogP contribution < -0.4 is 10.5 Å². The van der Waals surface area contributed by atoms with E-state index >= 15 is 0 Å². The van der Waals surface area contributed by atoms with Gasteiger partial charge in [0.2, 0.25) is 0 Å². The molecule has 0 spiro atoms.